The molecule has 0 bridgehead atoms. The molecule has 9 heteroatoms. The van der Waals surface area contributed by atoms with Crippen molar-refractivity contribution in [3.8, 4) is 5.75 Å². The summed E-state index contributed by atoms with van der Waals surface area (Å²) in [4.78, 5) is 32.5. The Kier molecular flexibility index (Phi) is 7.98. The van der Waals surface area contributed by atoms with Crippen LogP contribution < -0.4 is 15.0 Å². The van der Waals surface area contributed by atoms with Gasteiger partial charge in [-0.15, -0.1) is 0 Å². The van der Waals surface area contributed by atoms with E-state index in [4.69, 9.17) is 9.26 Å². The summed E-state index contributed by atoms with van der Waals surface area (Å²) in [6, 6.07) is 9.50. The van der Waals surface area contributed by atoms with Crippen molar-refractivity contribution in [1.29, 1.82) is 0 Å². The summed E-state index contributed by atoms with van der Waals surface area (Å²) >= 11 is 4.22. The van der Waals surface area contributed by atoms with Gasteiger partial charge in [-0.3, -0.25) is 19.5 Å². The molecule has 1 N–H and O–H groups in total. The van der Waals surface area contributed by atoms with E-state index in [-0.39, 0.29) is 23.6 Å². The zero-order valence-electron chi connectivity index (χ0n) is 20.0. The summed E-state index contributed by atoms with van der Waals surface area (Å²) in [7, 11) is 1.58. The first-order valence-corrected chi connectivity index (χ1v) is 11.5. The van der Waals surface area contributed by atoms with Crippen molar-refractivity contribution in [3.63, 3.8) is 0 Å². The lowest BCUT2D eigenvalue weighted by Gasteiger charge is -2.29. The Labute approximate surface area is 205 Å². The second-order valence-electron chi connectivity index (χ2n) is 8.90. The average Bonchev–Trinajstić information content (AvgIpc) is 3.29. The average molecular weight is 483 g/mol. The fourth-order valence-electron chi connectivity index (χ4n) is 3.41. The maximum Gasteiger partial charge on any atom is 0.252 e. The van der Waals surface area contributed by atoms with E-state index in [9.17, 15) is 9.59 Å². The molecule has 3 aromatic rings. The second-order valence-corrected chi connectivity index (χ2v) is 9.34. The molecule has 0 radical (unpaired) electrons. The van der Waals surface area contributed by atoms with Gasteiger partial charge in [0, 0.05) is 41.5 Å². The molecule has 1 aromatic carbocycles. The highest BCUT2D eigenvalue weighted by molar-refractivity contribution is 7.80. The van der Waals surface area contributed by atoms with Gasteiger partial charge >= 0.3 is 0 Å². The van der Waals surface area contributed by atoms with Gasteiger partial charge < -0.3 is 14.6 Å². The van der Waals surface area contributed by atoms with Crippen LogP contribution in [0, 0.1) is 6.92 Å². The first kappa shape index (κ1) is 25.3. The molecule has 0 saturated carbocycles. The highest BCUT2D eigenvalue weighted by atomic mass is 32.1. The molecule has 0 spiro atoms. The molecule has 0 unspecified atom stereocenters. The van der Waals surface area contributed by atoms with Crippen LogP contribution in [0.2, 0.25) is 0 Å². The van der Waals surface area contributed by atoms with Crippen LogP contribution >= 0.6 is 12.6 Å². The third-order valence-electron chi connectivity index (χ3n) is 5.28. The molecule has 8 nitrogen and oxygen atoms in total. The van der Waals surface area contributed by atoms with Gasteiger partial charge in [0.15, 0.2) is 5.82 Å². The molecule has 0 fully saturated rings. The number of thiol groups is 1. The predicted molar refractivity (Wildman–Crippen MR) is 134 cm³/mol. The van der Waals surface area contributed by atoms with Gasteiger partial charge in [-0.05, 0) is 42.5 Å². The number of anilines is 2. The lowest BCUT2D eigenvalue weighted by atomic mass is 9.93. The Morgan fingerprint density at radius 2 is 2.00 bits per heavy atom. The van der Waals surface area contributed by atoms with Crippen LogP contribution in [0.1, 0.15) is 50.1 Å². The molecule has 0 aliphatic rings. The third-order valence-corrected chi connectivity index (χ3v) is 5.50. The van der Waals surface area contributed by atoms with Crippen molar-refractivity contribution in [2.24, 2.45) is 0 Å². The highest BCUT2D eigenvalue weighted by Gasteiger charge is 2.35. The van der Waals surface area contributed by atoms with Gasteiger partial charge in [-0.2, -0.15) is 12.6 Å². The van der Waals surface area contributed by atoms with Crippen molar-refractivity contribution in [2.75, 3.05) is 23.1 Å². The molecule has 3 rings (SSSR count). The second kappa shape index (κ2) is 10.7. The van der Waals surface area contributed by atoms with Crippen LogP contribution in [0.5, 0.6) is 5.75 Å². The number of hydrogen-bond donors (Lipinski definition) is 2. The predicted octanol–water partition coefficient (Wildman–Crippen LogP) is 4.72. The van der Waals surface area contributed by atoms with Crippen LogP contribution in [0.4, 0.5) is 11.5 Å². The minimum Gasteiger partial charge on any atom is -0.497 e. The number of benzene rings is 1. The lowest BCUT2D eigenvalue weighted by molar-refractivity contribution is -0.123. The first-order chi connectivity index (χ1) is 16.2. The quantitative estimate of drug-likeness (QED) is 0.451. The first-order valence-electron chi connectivity index (χ1n) is 10.9. The molecule has 180 valence electrons. The molecule has 2 amide bonds. The monoisotopic (exact) mass is 482 g/mol. The summed E-state index contributed by atoms with van der Waals surface area (Å²) in [6.45, 7) is 7.81. The van der Waals surface area contributed by atoms with E-state index in [2.05, 4.69) is 28.1 Å². The van der Waals surface area contributed by atoms with Gasteiger partial charge in [0.1, 0.15) is 17.6 Å². The largest absolute Gasteiger partial charge is 0.497 e. The minimum absolute atomic E-state index is 0.117. The van der Waals surface area contributed by atoms with Gasteiger partial charge in [0.25, 0.3) is 5.91 Å². The lowest BCUT2D eigenvalue weighted by Crippen LogP contribution is -2.42. The highest BCUT2D eigenvalue weighted by Crippen LogP contribution is 2.33. The molecule has 0 aliphatic carbocycles. The zero-order chi connectivity index (χ0) is 24.9. The van der Waals surface area contributed by atoms with Crippen LogP contribution in [0.25, 0.3) is 0 Å². The Balaban J connectivity index is 2.08. The molecule has 0 saturated heterocycles. The number of hydrogen-bond acceptors (Lipinski definition) is 7. The summed E-state index contributed by atoms with van der Waals surface area (Å²) in [5.41, 5.74) is 1.65. The van der Waals surface area contributed by atoms with E-state index in [1.165, 1.54) is 4.90 Å². The standard InChI is InChI=1S/C25H30N4O4S/c1-16-13-18(32-5)8-9-19(16)27-24(31)23(17-7-6-11-26-15-17)29(22(30)10-12-34)21-14-20(33-28-21)25(2,3)4/h6-9,11,13-15,23,34H,10,12H2,1-5H3,(H,27,31)/t23-/m1/s1. The number of rotatable bonds is 8. The Hall–Kier alpha value is -3.33. The molecule has 2 aromatic heterocycles. The number of pyridine rings is 1. The zero-order valence-corrected chi connectivity index (χ0v) is 20.9. The SMILES string of the molecule is COc1ccc(NC(=O)[C@@H](c2cccnc2)N(C(=O)CCS)c2cc(C(C)(C)C)on2)c(C)c1. The van der Waals surface area contributed by atoms with Crippen LogP contribution in [0.3, 0.4) is 0 Å². The molecular weight excluding hydrogens is 452 g/mol. The number of nitrogens with zero attached hydrogens (tertiary/aromatic N) is 3. The van der Waals surface area contributed by atoms with E-state index >= 15 is 0 Å². The Morgan fingerprint density at radius 1 is 1.24 bits per heavy atom. The molecule has 1 atom stereocenters. The number of carbonyl (C=O) groups is 2. The van der Waals surface area contributed by atoms with Crippen molar-refractivity contribution >= 4 is 35.9 Å². The maximum absolute atomic E-state index is 13.7. The van der Waals surface area contributed by atoms with Crippen LogP contribution in [-0.4, -0.2) is 34.8 Å². The summed E-state index contributed by atoms with van der Waals surface area (Å²) < 4.78 is 10.8. The fraction of sp³-hybridized carbons (Fsp3) is 0.360. The van der Waals surface area contributed by atoms with Crippen molar-refractivity contribution in [3.05, 3.63) is 65.7 Å². The smallest absolute Gasteiger partial charge is 0.252 e. The number of aromatic nitrogens is 2. The van der Waals surface area contributed by atoms with Crippen LogP contribution in [0.15, 0.2) is 53.3 Å². The normalized spacial score (nSPS) is 12.2. The number of methoxy groups -OCH3 is 1. The van der Waals surface area contributed by atoms with Crippen molar-refractivity contribution in [1.82, 2.24) is 10.1 Å². The van der Waals surface area contributed by atoms with Crippen LogP contribution in [-0.2, 0) is 15.0 Å². The van der Waals surface area contributed by atoms with Gasteiger partial charge in [0.05, 0.1) is 7.11 Å². The van der Waals surface area contributed by atoms with E-state index in [1.807, 2.05) is 33.8 Å². The number of aryl methyl sites for hydroxylation is 1. The summed E-state index contributed by atoms with van der Waals surface area (Å²) in [6.07, 6.45) is 3.29. The summed E-state index contributed by atoms with van der Waals surface area (Å²) in [5, 5.41) is 7.10. The van der Waals surface area contributed by atoms with Crippen molar-refractivity contribution in [2.45, 2.75) is 45.6 Å². The summed E-state index contributed by atoms with van der Waals surface area (Å²) in [5.74, 6) is 1.14. The molecular formula is C25H30N4O4S. The Morgan fingerprint density at radius 3 is 2.56 bits per heavy atom. The van der Waals surface area contributed by atoms with E-state index in [0.29, 0.717) is 28.5 Å². The molecule has 2 heterocycles. The minimum atomic E-state index is -1.03. The topological polar surface area (TPSA) is 97.6 Å². The number of nitrogens with one attached hydrogen (secondary N) is 1. The molecule has 34 heavy (non-hydrogen) atoms. The maximum atomic E-state index is 13.7. The van der Waals surface area contributed by atoms with Gasteiger partial charge in [0.2, 0.25) is 5.91 Å². The van der Waals surface area contributed by atoms with E-state index in [1.54, 1.807) is 49.8 Å². The van der Waals surface area contributed by atoms with Gasteiger partial charge in [-0.1, -0.05) is 32.0 Å². The van der Waals surface area contributed by atoms with Gasteiger partial charge in [-0.25, -0.2) is 0 Å². The number of amides is 2. The fourth-order valence-corrected chi connectivity index (χ4v) is 3.60. The Bertz CT molecular complexity index is 1140. The van der Waals surface area contributed by atoms with E-state index < -0.39 is 11.9 Å². The third kappa shape index (κ3) is 5.77. The van der Waals surface area contributed by atoms with Crippen molar-refractivity contribution < 1.29 is 18.8 Å². The number of ether oxygens (including phenoxy) is 1. The number of carbonyl (C=O) groups excluding carboxylic acids is 2. The van der Waals surface area contributed by atoms with E-state index in [0.717, 1.165) is 5.56 Å². The molecule has 0 aliphatic heterocycles.